The summed E-state index contributed by atoms with van der Waals surface area (Å²) >= 11 is 0. The van der Waals surface area contributed by atoms with Crippen LogP contribution in [0.25, 0.3) is 0 Å². The first-order valence-electron chi connectivity index (χ1n) is 4.59. The Labute approximate surface area is 122 Å². The standard InChI is InChI=1S/2C5H5.C2H7Si.ClH.Zr/c2*1-2-4-5-3-1;1-3-2;;/h2*1-3H,4H2;3H,1-2H3;1H;/q2*-1;;;+2. The minimum absolute atomic E-state index is 0. The fraction of sp³-hybridized carbons (Fsp3) is 0.333. The molecule has 0 aliphatic heterocycles. The molecule has 0 fully saturated rings. The fourth-order valence-electron chi connectivity index (χ4n) is 0.680. The van der Waals surface area contributed by atoms with Crippen molar-refractivity contribution in [1.82, 2.24) is 0 Å². The Morgan fingerprint density at radius 2 is 1.27 bits per heavy atom. The number of halogens is 1. The zero-order valence-corrected chi connectivity index (χ0v) is 13.8. The molecular formula is C12H18ClSiZr. The maximum Gasteiger partial charge on any atom is 2.00 e. The number of hydrogen-bond acceptors (Lipinski definition) is 0. The van der Waals surface area contributed by atoms with Crippen LogP contribution >= 0.6 is 12.4 Å². The third-order valence-electron chi connectivity index (χ3n) is 1.17. The molecule has 2 rings (SSSR count). The Morgan fingerprint density at radius 1 is 0.933 bits per heavy atom. The van der Waals surface area contributed by atoms with E-state index in [1.165, 1.54) is 0 Å². The summed E-state index contributed by atoms with van der Waals surface area (Å²) in [6.07, 6.45) is 20.0. The summed E-state index contributed by atoms with van der Waals surface area (Å²) in [5.74, 6) is 0. The van der Waals surface area contributed by atoms with E-state index in [1.54, 1.807) is 0 Å². The fourth-order valence-corrected chi connectivity index (χ4v) is 0.680. The molecule has 0 atom stereocenters. The third-order valence-corrected chi connectivity index (χ3v) is 1.17. The number of rotatable bonds is 0. The molecule has 0 spiro atoms. The molecule has 0 bridgehead atoms. The van der Waals surface area contributed by atoms with Crippen LogP contribution in [0.2, 0.25) is 13.1 Å². The van der Waals surface area contributed by atoms with E-state index < -0.39 is 0 Å². The third kappa shape index (κ3) is 20.4. The Bertz CT molecular complexity index is 166. The largest absolute Gasteiger partial charge is 2.00 e. The van der Waals surface area contributed by atoms with E-state index in [-0.39, 0.29) is 38.6 Å². The van der Waals surface area contributed by atoms with Crippen LogP contribution in [0, 0.1) is 12.2 Å². The van der Waals surface area contributed by atoms with Crippen LogP contribution in [-0.4, -0.2) is 9.52 Å². The van der Waals surface area contributed by atoms with Gasteiger partial charge in [-0.3, -0.25) is 12.2 Å². The van der Waals surface area contributed by atoms with Crippen molar-refractivity contribution in [1.29, 1.82) is 0 Å². The zero-order chi connectivity index (χ0) is 9.78. The number of allylic oxidation sites excluding steroid dienone is 8. The Morgan fingerprint density at radius 3 is 1.33 bits per heavy atom. The first-order chi connectivity index (χ1) is 6.41. The van der Waals surface area contributed by atoms with Gasteiger partial charge < -0.3 is 0 Å². The molecule has 0 heterocycles. The Kier molecular flexibility index (Phi) is 27.4. The van der Waals surface area contributed by atoms with Crippen molar-refractivity contribution in [3.8, 4) is 0 Å². The molecule has 81 valence electrons. The van der Waals surface area contributed by atoms with E-state index in [2.05, 4.69) is 37.4 Å². The van der Waals surface area contributed by atoms with Crippen LogP contribution in [0.4, 0.5) is 0 Å². The molecule has 0 saturated carbocycles. The van der Waals surface area contributed by atoms with Gasteiger partial charge in [0.2, 0.25) is 0 Å². The molecule has 0 aromatic carbocycles. The van der Waals surface area contributed by atoms with Gasteiger partial charge in [0, 0.05) is 9.52 Å². The van der Waals surface area contributed by atoms with Crippen LogP contribution in [-0.2, 0) is 26.2 Å². The van der Waals surface area contributed by atoms with Crippen LogP contribution in [0.3, 0.4) is 0 Å². The predicted octanol–water partition coefficient (Wildman–Crippen LogP) is 3.55. The van der Waals surface area contributed by atoms with Crippen LogP contribution in [0.15, 0.2) is 36.5 Å². The minimum Gasteiger partial charge on any atom is -0.273 e. The molecular weight excluding hydrogens is 299 g/mol. The first kappa shape index (κ1) is 20.7. The smallest absolute Gasteiger partial charge is 0.273 e. The molecule has 0 aromatic heterocycles. The normalized spacial score (nSPS) is 12.9. The quantitative estimate of drug-likeness (QED) is 0.473. The summed E-state index contributed by atoms with van der Waals surface area (Å²) in [6, 6.07) is 0. The van der Waals surface area contributed by atoms with Gasteiger partial charge in [0.25, 0.3) is 0 Å². The molecule has 0 amide bonds. The molecule has 2 aliphatic rings. The van der Waals surface area contributed by atoms with E-state index in [0.717, 1.165) is 22.4 Å². The Hall–Kier alpha value is 0.350. The first-order valence-corrected chi connectivity index (χ1v) is 6.90. The van der Waals surface area contributed by atoms with Gasteiger partial charge >= 0.3 is 26.2 Å². The molecule has 0 N–H and O–H groups in total. The van der Waals surface area contributed by atoms with Gasteiger partial charge in [0.1, 0.15) is 0 Å². The van der Waals surface area contributed by atoms with Crippen molar-refractivity contribution in [2.75, 3.05) is 0 Å². The second-order valence-electron chi connectivity index (χ2n) is 2.58. The second kappa shape index (κ2) is 19.9. The topological polar surface area (TPSA) is 0 Å². The number of hydrogen-bond donors (Lipinski definition) is 0. The maximum absolute atomic E-state index is 2.99. The van der Waals surface area contributed by atoms with Gasteiger partial charge in [-0.2, -0.15) is 12.2 Å². The van der Waals surface area contributed by atoms with Crippen molar-refractivity contribution in [2.45, 2.75) is 25.9 Å². The summed E-state index contributed by atoms with van der Waals surface area (Å²) < 4.78 is 0. The summed E-state index contributed by atoms with van der Waals surface area (Å²) in [5.41, 5.74) is 0. The summed E-state index contributed by atoms with van der Waals surface area (Å²) in [5, 5.41) is 0. The van der Waals surface area contributed by atoms with Gasteiger partial charge in [-0.05, 0) is 0 Å². The van der Waals surface area contributed by atoms with Gasteiger partial charge in [-0.25, -0.2) is 24.3 Å². The van der Waals surface area contributed by atoms with Crippen molar-refractivity contribution in [3.05, 3.63) is 48.6 Å². The summed E-state index contributed by atoms with van der Waals surface area (Å²) in [7, 11) is 0.750. The molecule has 1 radical (unpaired) electrons. The van der Waals surface area contributed by atoms with E-state index in [9.17, 15) is 0 Å². The molecule has 0 saturated heterocycles. The average molecular weight is 317 g/mol. The van der Waals surface area contributed by atoms with Crippen molar-refractivity contribution in [2.24, 2.45) is 0 Å². The van der Waals surface area contributed by atoms with E-state index in [1.807, 2.05) is 24.3 Å². The van der Waals surface area contributed by atoms with Gasteiger partial charge in [0.15, 0.2) is 0 Å². The zero-order valence-electron chi connectivity index (χ0n) is 9.36. The van der Waals surface area contributed by atoms with E-state index in [0.29, 0.717) is 0 Å². The van der Waals surface area contributed by atoms with Gasteiger partial charge in [-0.15, -0.1) is 25.2 Å². The van der Waals surface area contributed by atoms with Crippen LogP contribution < -0.4 is 0 Å². The molecule has 15 heavy (non-hydrogen) atoms. The maximum atomic E-state index is 2.99. The summed E-state index contributed by atoms with van der Waals surface area (Å²) in [4.78, 5) is 0. The molecule has 3 heteroatoms. The molecule has 2 aliphatic carbocycles. The SMILES string of the molecule is C[SiH]C.Cl.[C-]1=CC=CC1.[C-]1=CC=CC1.[Zr+2]. The van der Waals surface area contributed by atoms with Crippen LogP contribution in [0.5, 0.6) is 0 Å². The second-order valence-corrected chi connectivity index (χ2v) is 3.74. The predicted molar refractivity (Wildman–Crippen MR) is 69.3 cm³/mol. The van der Waals surface area contributed by atoms with E-state index in [4.69, 9.17) is 0 Å². The van der Waals surface area contributed by atoms with Crippen molar-refractivity contribution < 1.29 is 26.2 Å². The van der Waals surface area contributed by atoms with Gasteiger partial charge in [-0.1, -0.05) is 13.1 Å². The average Bonchev–Trinajstić information content (AvgIpc) is 2.85. The summed E-state index contributed by atoms with van der Waals surface area (Å²) in [6.45, 7) is 4.42. The van der Waals surface area contributed by atoms with Crippen molar-refractivity contribution >= 4 is 21.9 Å². The molecule has 0 aromatic rings. The van der Waals surface area contributed by atoms with E-state index >= 15 is 0 Å². The minimum atomic E-state index is 0. The Balaban J connectivity index is -0.000000140. The van der Waals surface area contributed by atoms with Gasteiger partial charge in [0.05, 0.1) is 0 Å². The van der Waals surface area contributed by atoms with Crippen LogP contribution in [0.1, 0.15) is 12.8 Å². The molecule has 0 unspecified atom stereocenters. The monoisotopic (exact) mass is 315 g/mol. The molecule has 0 nitrogen and oxygen atoms in total. The van der Waals surface area contributed by atoms with Crippen molar-refractivity contribution in [3.63, 3.8) is 0 Å².